The highest BCUT2D eigenvalue weighted by Crippen LogP contribution is 2.37. The summed E-state index contributed by atoms with van der Waals surface area (Å²) in [4.78, 5) is 113. The summed E-state index contributed by atoms with van der Waals surface area (Å²) < 4.78 is 89.1. The summed E-state index contributed by atoms with van der Waals surface area (Å²) in [6.45, 7) is -0.312. The van der Waals surface area contributed by atoms with E-state index in [1.54, 1.807) is 224 Å². The van der Waals surface area contributed by atoms with Crippen LogP contribution < -0.4 is 31.9 Å². The molecule has 612 valence electrons. The van der Waals surface area contributed by atoms with E-state index >= 15 is 9.59 Å². The lowest BCUT2D eigenvalue weighted by atomic mass is 9.80. The molecule has 6 unspecified atom stereocenters. The summed E-state index contributed by atoms with van der Waals surface area (Å²) >= 11 is 0. The van der Waals surface area contributed by atoms with E-state index in [9.17, 15) is 33.9 Å². The van der Waals surface area contributed by atoms with Gasteiger partial charge in [-0.15, -0.1) is 0 Å². The summed E-state index contributed by atoms with van der Waals surface area (Å²) in [5.41, 5.74) is 5.09. The Labute approximate surface area is 671 Å². The van der Waals surface area contributed by atoms with Crippen molar-refractivity contribution in [3.05, 3.63) is 287 Å². The highest BCUT2D eigenvalue weighted by atomic mass is 16.7. The van der Waals surface area contributed by atoms with Crippen molar-refractivity contribution >= 4 is 48.3 Å². The molecular formula is C87H96N6O23. The first kappa shape index (κ1) is 85.1. The highest BCUT2D eigenvalue weighted by Gasteiger charge is 2.59. The Kier molecular flexibility index (Phi) is 32.8. The zero-order valence-corrected chi connectivity index (χ0v) is 64.1. The van der Waals surface area contributed by atoms with Crippen LogP contribution in [0.25, 0.3) is 0 Å². The Morgan fingerprint density at radius 2 is 0.750 bits per heavy atom. The second-order valence-electron chi connectivity index (χ2n) is 27.7. The number of amides is 6. The highest BCUT2D eigenvalue weighted by molar-refractivity contribution is 5.81. The Bertz CT molecular complexity index is 4350. The second-order valence-corrected chi connectivity index (χ2v) is 27.7. The topological polar surface area (TPSA) is 358 Å². The number of carbonyl (C=O) groups excluding carboxylic acids is 8. The van der Waals surface area contributed by atoms with Gasteiger partial charge in [0, 0.05) is 33.4 Å². The van der Waals surface area contributed by atoms with E-state index in [2.05, 4.69) is 31.9 Å². The molecule has 29 nitrogen and oxygen atoms in total. The molecule has 116 heavy (non-hydrogen) atoms. The fourth-order valence-electron chi connectivity index (χ4n) is 13.3. The minimum absolute atomic E-state index is 0.0601. The quantitative estimate of drug-likeness (QED) is 0.0142. The van der Waals surface area contributed by atoms with E-state index < -0.39 is 147 Å². The number of aliphatic hydroxyl groups is 1. The molecule has 29 heteroatoms. The van der Waals surface area contributed by atoms with Gasteiger partial charge in [0.2, 0.25) is 5.91 Å². The van der Waals surface area contributed by atoms with Crippen molar-refractivity contribution in [1.82, 2.24) is 31.9 Å². The lowest BCUT2D eigenvalue weighted by Crippen LogP contribution is -2.75. The number of esters is 2. The molecule has 1 saturated carbocycles. The predicted molar refractivity (Wildman–Crippen MR) is 416 cm³/mol. The molecule has 0 aromatic heterocycles. The number of benzene rings is 8. The smallest absolute Gasteiger partial charge is 0.407 e. The third-order valence-corrected chi connectivity index (χ3v) is 19.1. The molecule has 3 aliphatic rings. The van der Waals surface area contributed by atoms with Crippen LogP contribution >= 0.6 is 0 Å². The van der Waals surface area contributed by atoms with Gasteiger partial charge in [-0.05, 0) is 57.3 Å². The van der Waals surface area contributed by atoms with Gasteiger partial charge in [-0.25, -0.2) is 24.0 Å². The molecule has 0 bridgehead atoms. The lowest BCUT2D eigenvalue weighted by molar-refractivity contribution is -0.330. The summed E-state index contributed by atoms with van der Waals surface area (Å²) in [5, 5.41) is 31.4. The van der Waals surface area contributed by atoms with E-state index in [1.165, 1.54) is 0 Å². The predicted octanol–water partition coefficient (Wildman–Crippen LogP) is 10.2. The molecule has 0 radical (unpaired) electrons. The van der Waals surface area contributed by atoms with Gasteiger partial charge in [0.1, 0.15) is 88.4 Å². The average molecular weight is 1590 g/mol. The second kappa shape index (κ2) is 44.8. The van der Waals surface area contributed by atoms with E-state index in [0.717, 1.165) is 19.4 Å². The summed E-state index contributed by atoms with van der Waals surface area (Å²) in [5.74, 6) is -2.55. The molecule has 7 N–H and O–H groups in total. The van der Waals surface area contributed by atoms with Gasteiger partial charge in [0.05, 0.1) is 44.1 Å². The van der Waals surface area contributed by atoms with Crippen LogP contribution in [0.3, 0.4) is 0 Å². The first-order valence-electron chi connectivity index (χ1n) is 38.2. The van der Waals surface area contributed by atoms with Gasteiger partial charge in [-0.3, -0.25) is 14.4 Å². The number of ether oxygens (including phenoxy) is 14. The molecule has 3 fully saturated rings. The van der Waals surface area contributed by atoms with E-state index in [4.69, 9.17) is 66.3 Å². The molecule has 6 amide bonds. The molecule has 2 heterocycles. The maximum atomic E-state index is 16.1. The van der Waals surface area contributed by atoms with Crippen molar-refractivity contribution in [1.29, 1.82) is 0 Å². The van der Waals surface area contributed by atoms with Crippen LogP contribution in [0.5, 0.6) is 0 Å². The van der Waals surface area contributed by atoms with Crippen molar-refractivity contribution in [3.8, 4) is 0 Å². The normalized spacial score (nSPS) is 22.4. The molecule has 2 saturated heterocycles. The Balaban J connectivity index is 1.04. The van der Waals surface area contributed by atoms with Crippen molar-refractivity contribution in [3.63, 3.8) is 0 Å². The van der Waals surface area contributed by atoms with E-state index in [1.807, 2.05) is 18.2 Å². The van der Waals surface area contributed by atoms with Gasteiger partial charge in [0.15, 0.2) is 18.7 Å². The fourth-order valence-corrected chi connectivity index (χ4v) is 13.3. The molecule has 2 aliphatic heterocycles. The number of carbonyl (C=O) groups is 8. The van der Waals surface area contributed by atoms with Crippen LogP contribution in [-0.4, -0.2) is 165 Å². The molecule has 11 rings (SSSR count). The molecule has 8 aromatic carbocycles. The third kappa shape index (κ3) is 26.9. The standard InChI is InChI=1S/C87H96N6O23/c1-57(94)103-56-70-75(112-58(2)95)71(92-86(101)110-54-65-39-23-9-24-40-65)79(106-50-61-31-15-5-16-32-61)82(114-70)116-77-72(91-80(97)69(104-48-59-27-11-3-12-28-59)45-46-88-83(98)107-51-62-33-17-6-18-34-62)76(105-49-60-29-13-4-14-30-60)73(93-87(102)111-55-66-41-25-10-26-42-66)78(74(77)96)115-81-68(90-85(100)109-53-64-37-21-8-22-38-64)44-43-67(113-81)47-89-84(99)108-52-63-35-19-7-20-36-63/h3-42,67-79,81-82,96H,43-56H2,1-2H3,(H,88,98)(H,89,99)(H,90,100)(H,91,97)(H,92,101)(H,93,102)/t67-,68?,69+,70?,71-,72+,73-,74?,75-,76?,77+,78?,79?,81-,82-/m0/s1. The van der Waals surface area contributed by atoms with Crippen LogP contribution in [0.4, 0.5) is 24.0 Å². The summed E-state index contributed by atoms with van der Waals surface area (Å²) in [7, 11) is 0. The number of alkyl carbamates (subject to hydrolysis) is 5. The summed E-state index contributed by atoms with van der Waals surface area (Å²) in [6.07, 6.45) is -23.2. The van der Waals surface area contributed by atoms with E-state index in [-0.39, 0.29) is 85.2 Å². The monoisotopic (exact) mass is 1590 g/mol. The zero-order valence-electron chi connectivity index (χ0n) is 64.1. The van der Waals surface area contributed by atoms with Crippen LogP contribution in [0, 0.1) is 0 Å². The Morgan fingerprint density at radius 1 is 0.379 bits per heavy atom. The maximum absolute atomic E-state index is 16.1. The van der Waals surface area contributed by atoms with E-state index in [0.29, 0.717) is 38.9 Å². The SMILES string of the molecule is CC(=O)OCC1O[C@@H](O[C@H]2C(O)C(O[C@@H]3O[C@H](CNC(=O)OCc4ccccc4)CCC3NC(=O)OCc3ccccc3)[C@@H](NC(=O)OCc3ccccc3)C(OCc3ccccc3)[C@H]2NC(=O)[C@@H](CCNC(=O)OCc2ccccc2)OCc2ccccc2)C(OCc2ccccc2)[C@@H](NC(=O)OCc2ccccc2)[C@H]1OC(C)=O. The number of hydrogen-bond donors (Lipinski definition) is 7. The average Bonchev–Trinajstić information content (AvgIpc) is 0.750. The van der Waals surface area contributed by atoms with Crippen molar-refractivity contribution in [2.75, 3.05) is 19.7 Å². The largest absolute Gasteiger partial charge is 0.463 e. The lowest BCUT2D eigenvalue weighted by Gasteiger charge is -2.52. The Hall–Kier alpha value is -11.8. The van der Waals surface area contributed by atoms with Crippen molar-refractivity contribution in [2.24, 2.45) is 0 Å². The van der Waals surface area contributed by atoms with Crippen LogP contribution in [-0.2, 0) is 134 Å². The number of aliphatic hydroxyl groups excluding tert-OH is 1. The third-order valence-electron chi connectivity index (χ3n) is 19.1. The zero-order chi connectivity index (χ0) is 81.2. The van der Waals surface area contributed by atoms with Crippen LogP contribution in [0.1, 0.15) is 77.6 Å². The number of rotatable bonds is 36. The van der Waals surface area contributed by atoms with Crippen molar-refractivity contribution < 1.29 is 110 Å². The first-order chi connectivity index (χ1) is 56.5. The van der Waals surface area contributed by atoms with Gasteiger partial charge < -0.3 is 103 Å². The molecule has 1 aliphatic carbocycles. The van der Waals surface area contributed by atoms with Crippen molar-refractivity contribution in [2.45, 2.75) is 178 Å². The summed E-state index contributed by atoms with van der Waals surface area (Å²) in [6, 6.07) is 64.9. The maximum Gasteiger partial charge on any atom is 0.407 e. The molecule has 0 spiro atoms. The number of hydrogen-bond acceptors (Lipinski definition) is 23. The molecular weight excluding hydrogens is 1500 g/mol. The molecule has 15 atom stereocenters. The first-order valence-corrected chi connectivity index (χ1v) is 38.2. The van der Waals surface area contributed by atoms with Gasteiger partial charge in [-0.2, -0.15) is 0 Å². The van der Waals surface area contributed by atoms with Crippen LogP contribution in [0.15, 0.2) is 243 Å². The fraction of sp³-hybridized carbons (Fsp3) is 0.356. The minimum Gasteiger partial charge on any atom is -0.463 e. The van der Waals surface area contributed by atoms with Gasteiger partial charge in [-0.1, -0.05) is 243 Å². The Morgan fingerprint density at radius 3 is 1.18 bits per heavy atom. The minimum atomic E-state index is -2.19. The van der Waals surface area contributed by atoms with Gasteiger partial charge in [0.25, 0.3) is 0 Å². The molecule has 8 aromatic rings. The number of nitrogens with one attached hydrogen (secondary N) is 6. The van der Waals surface area contributed by atoms with Gasteiger partial charge >= 0.3 is 42.4 Å². The van der Waals surface area contributed by atoms with Crippen LogP contribution in [0.2, 0.25) is 0 Å².